The average Bonchev–Trinajstić information content (AvgIpc) is 3.13. The first-order chi connectivity index (χ1) is 15.9. The van der Waals surface area contributed by atoms with Gasteiger partial charge in [-0.2, -0.15) is 4.98 Å². The van der Waals surface area contributed by atoms with E-state index in [0.717, 1.165) is 6.20 Å². The third-order valence-corrected chi connectivity index (χ3v) is 5.75. The van der Waals surface area contributed by atoms with E-state index in [-0.39, 0.29) is 31.1 Å². The second kappa shape index (κ2) is 10.3. The van der Waals surface area contributed by atoms with Gasteiger partial charge in [0, 0.05) is 45.5 Å². The van der Waals surface area contributed by atoms with Crippen LogP contribution in [0.2, 0.25) is 0 Å². The van der Waals surface area contributed by atoms with E-state index in [2.05, 4.69) is 25.6 Å². The highest BCUT2D eigenvalue weighted by atomic mass is 19.1. The zero-order valence-corrected chi connectivity index (χ0v) is 18.2. The number of ether oxygens (including phenoxy) is 1. The summed E-state index contributed by atoms with van der Waals surface area (Å²) in [7, 11) is 0. The highest BCUT2D eigenvalue weighted by Crippen LogP contribution is 2.22. The van der Waals surface area contributed by atoms with E-state index < -0.39 is 23.4 Å². The lowest BCUT2D eigenvalue weighted by Gasteiger charge is -2.27. The molecule has 2 atom stereocenters. The summed E-state index contributed by atoms with van der Waals surface area (Å²) in [5, 5.41) is 26.8. The average molecular weight is 461 g/mol. The summed E-state index contributed by atoms with van der Waals surface area (Å²) in [4.78, 5) is 28.3. The molecule has 2 aromatic rings. The highest BCUT2D eigenvalue weighted by molar-refractivity contribution is 5.92. The Kier molecular flexibility index (Phi) is 7.28. The summed E-state index contributed by atoms with van der Waals surface area (Å²) in [6.07, 6.45) is 1.61. The van der Waals surface area contributed by atoms with Crippen LogP contribution in [0.4, 0.5) is 16.2 Å². The third kappa shape index (κ3) is 5.71. The van der Waals surface area contributed by atoms with E-state index in [1.165, 1.54) is 6.20 Å². The minimum absolute atomic E-state index is 0.101. The number of anilines is 2. The van der Waals surface area contributed by atoms with Crippen LogP contribution in [0.1, 0.15) is 10.5 Å². The van der Waals surface area contributed by atoms with E-state index in [9.17, 15) is 19.4 Å². The van der Waals surface area contributed by atoms with E-state index in [1.54, 1.807) is 18.2 Å². The van der Waals surface area contributed by atoms with Crippen molar-refractivity contribution in [1.29, 1.82) is 0 Å². The van der Waals surface area contributed by atoms with Gasteiger partial charge < -0.3 is 30.5 Å². The number of halogens is 1. The molecule has 2 fully saturated rings. The Morgan fingerprint density at radius 3 is 2.88 bits per heavy atom. The van der Waals surface area contributed by atoms with Gasteiger partial charge in [0.1, 0.15) is 11.3 Å². The molecule has 12 heteroatoms. The van der Waals surface area contributed by atoms with Crippen molar-refractivity contribution < 1.29 is 24.1 Å². The van der Waals surface area contributed by atoms with E-state index >= 15 is 0 Å². The molecule has 4 rings (SSSR count). The third-order valence-electron chi connectivity index (χ3n) is 5.75. The lowest BCUT2D eigenvalue weighted by Crippen LogP contribution is -2.51. The van der Waals surface area contributed by atoms with Crippen molar-refractivity contribution in [1.82, 2.24) is 25.2 Å². The maximum Gasteiger partial charge on any atom is 0.269 e. The molecule has 4 N–H and O–H groups in total. The molecular weight excluding hydrogens is 433 g/mol. The normalized spacial score (nSPS) is 23.5. The van der Waals surface area contributed by atoms with Crippen molar-refractivity contribution in [2.24, 2.45) is 0 Å². The zero-order valence-electron chi connectivity index (χ0n) is 18.2. The number of carbonyl (C=O) groups is 1. The van der Waals surface area contributed by atoms with Crippen molar-refractivity contribution in [3.8, 4) is 0 Å². The van der Waals surface area contributed by atoms with Gasteiger partial charge in [-0.3, -0.25) is 14.7 Å². The van der Waals surface area contributed by atoms with E-state index in [1.807, 2.05) is 9.80 Å². The van der Waals surface area contributed by atoms with Gasteiger partial charge >= 0.3 is 0 Å². The second-order valence-electron chi connectivity index (χ2n) is 8.14. The minimum atomic E-state index is -1.49. The fourth-order valence-electron chi connectivity index (χ4n) is 3.87. The Hall–Kier alpha value is -2.93. The van der Waals surface area contributed by atoms with Crippen LogP contribution in [0.5, 0.6) is 0 Å². The Labute approximate surface area is 190 Å². The molecule has 1 amide bonds. The van der Waals surface area contributed by atoms with Gasteiger partial charge in [0.2, 0.25) is 5.95 Å². The predicted molar refractivity (Wildman–Crippen MR) is 117 cm³/mol. The van der Waals surface area contributed by atoms with Gasteiger partial charge in [-0.05, 0) is 12.1 Å². The van der Waals surface area contributed by atoms with Crippen molar-refractivity contribution in [2.45, 2.75) is 11.7 Å². The number of nitrogens with zero attached hydrogens (tertiary/aromatic N) is 5. The molecule has 0 saturated carbocycles. The van der Waals surface area contributed by atoms with E-state index in [0.29, 0.717) is 45.3 Å². The van der Waals surface area contributed by atoms with Crippen LogP contribution in [0, 0.1) is 5.82 Å². The number of amides is 1. The number of aliphatic hydroxyl groups is 2. The zero-order chi connectivity index (χ0) is 23.3. The van der Waals surface area contributed by atoms with Gasteiger partial charge in [0.25, 0.3) is 5.91 Å². The Morgan fingerprint density at radius 1 is 1.30 bits per heavy atom. The number of rotatable bonds is 8. The number of hydrogen-bond donors (Lipinski definition) is 4. The van der Waals surface area contributed by atoms with Gasteiger partial charge in [-0.1, -0.05) is 6.07 Å². The molecule has 0 radical (unpaired) electrons. The summed E-state index contributed by atoms with van der Waals surface area (Å²) in [5.74, 6) is -0.435. The van der Waals surface area contributed by atoms with Crippen LogP contribution in [0.25, 0.3) is 0 Å². The minimum Gasteiger partial charge on any atom is -0.389 e. The van der Waals surface area contributed by atoms with Crippen molar-refractivity contribution in [2.75, 3.05) is 69.2 Å². The predicted octanol–water partition coefficient (Wildman–Crippen LogP) is -0.903. The van der Waals surface area contributed by atoms with Gasteiger partial charge in [0.15, 0.2) is 11.6 Å². The fraction of sp³-hybridized carbons (Fsp3) is 0.524. The molecule has 0 aromatic carbocycles. The molecule has 33 heavy (non-hydrogen) atoms. The Morgan fingerprint density at radius 2 is 2.12 bits per heavy atom. The summed E-state index contributed by atoms with van der Waals surface area (Å²) in [6, 6.07) is 4.97. The first-order valence-electron chi connectivity index (χ1n) is 10.9. The van der Waals surface area contributed by atoms with Crippen LogP contribution in [0.3, 0.4) is 0 Å². The number of β-amino-alcohol motifs (C(OH)–C–C–N with tert-alkyl or cyclic N) is 2. The quantitative estimate of drug-likeness (QED) is 0.391. The lowest BCUT2D eigenvalue weighted by molar-refractivity contribution is -0.0376. The van der Waals surface area contributed by atoms with Gasteiger partial charge in [-0.25, -0.2) is 9.37 Å². The molecule has 0 unspecified atom stereocenters. The van der Waals surface area contributed by atoms with Gasteiger partial charge in [0.05, 0.1) is 32.1 Å². The Bertz CT molecular complexity index is 947. The maximum atomic E-state index is 14.2. The fourth-order valence-corrected chi connectivity index (χ4v) is 3.87. The van der Waals surface area contributed by atoms with Crippen LogP contribution < -0.4 is 15.5 Å². The van der Waals surface area contributed by atoms with Crippen molar-refractivity contribution in [3.05, 3.63) is 42.1 Å². The molecule has 2 aliphatic heterocycles. The first-order valence-corrected chi connectivity index (χ1v) is 10.9. The molecule has 178 valence electrons. The molecule has 2 saturated heterocycles. The molecule has 0 aliphatic carbocycles. The molecule has 2 aliphatic rings. The molecule has 0 spiro atoms. The Balaban J connectivity index is 1.27. The van der Waals surface area contributed by atoms with Crippen LogP contribution >= 0.6 is 0 Å². The second-order valence-corrected chi connectivity index (χ2v) is 8.14. The number of aliphatic hydroxyl groups excluding tert-OH is 1. The summed E-state index contributed by atoms with van der Waals surface area (Å²) in [6.45, 7) is 3.49. The highest BCUT2D eigenvalue weighted by Gasteiger charge is 2.44. The number of hydrogen-bond acceptors (Lipinski definition) is 10. The topological polar surface area (TPSA) is 136 Å². The molecule has 0 bridgehead atoms. The SMILES string of the molecule is O=C(NC[C@]1(O)CN(CCNc2nc(N3CCOCC3)ncc2F)C[C@H]1O)c1ccccn1. The maximum absolute atomic E-state index is 14.2. The van der Waals surface area contributed by atoms with Crippen LogP contribution in [0.15, 0.2) is 30.6 Å². The molecule has 4 heterocycles. The number of likely N-dealkylation sites (tertiary alicyclic amines) is 1. The van der Waals surface area contributed by atoms with Crippen LogP contribution in [-0.2, 0) is 4.74 Å². The molecule has 11 nitrogen and oxygen atoms in total. The number of pyridine rings is 1. The lowest BCUT2D eigenvalue weighted by atomic mass is 10.0. The smallest absolute Gasteiger partial charge is 0.269 e. The summed E-state index contributed by atoms with van der Waals surface area (Å²) in [5.41, 5.74) is -1.26. The van der Waals surface area contributed by atoms with Crippen molar-refractivity contribution in [3.63, 3.8) is 0 Å². The van der Waals surface area contributed by atoms with E-state index in [4.69, 9.17) is 4.74 Å². The monoisotopic (exact) mass is 461 g/mol. The number of morpholine rings is 1. The van der Waals surface area contributed by atoms with Crippen LogP contribution in [-0.4, -0.2) is 107 Å². The molecule has 2 aromatic heterocycles. The molecular formula is C21H28FN7O4. The van der Waals surface area contributed by atoms with Crippen molar-refractivity contribution >= 4 is 17.7 Å². The standard InChI is InChI=1S/C21H28FN7O4/c22-15-11-25-20(29-7-9-33-10-8-29)27-18(15)24-5-6-28-12-17(30)21(32,14-28)13-26-19(31)16-3-1-2-4-23-16/h1-4,11,17,30,32H,5-10,12-14H2,(H,26,31)(H,24,25,27)/t17-,21+/m1/s1. The number of aromatic nitrogens is 3. The summed E-state index contributed by atoms with van der Waals surface area (Å²) < 4.78 is 19.5. The number of carbonyl (C=O) groups excluding carboxylic acids is 1. The summed E-state index contributed by atoms with van der Waals surface area (Å²) >= 11 is 0. The first kappa shape index (κ1) is 23.2. The van der Waals surface area contributed by atoms with Gasteiger partial charge in [-0.15, -0.1) is 0 Å². The largest absolute Gasteiger partial charge is 0.389 e. The number of nitrogens with one attached hydrogen (secondary N) is 2.